The molecule has 0 aliphatic carbocycles. The van der Waals surface area contributed by atoms with Gasteiger partial charge in [0.25, 0.3) is 0 Å². The molecule has 0 saturated carbocycles. The Bertz CT molecular complexity index is 828. The van der Waals surface area contributed by atoms with Gasteiger partial charge in [-0.25, -0.2) is 0 Å². The summed E-state index contributed by atoms with van der Waals surface area (Å²) in [6.45, 7) is 1.53. The van der Waals surface area contributed by atoms with Crippen LogP contribution < -0.4 is 5.43 Å². The van der Waals surface area contributed by atoms with Crippen molar-refractivity contribution in [1.29, 1.82) is 0 Å². The van der Waals surface area contributed by atoms with Gasteiger partial charge in [-0.15, -0.1) is 0 Å². The largest absolute Gasteiger partial charge is 0.463 e. The van der Waals surface area contributed by atoms with Crippen molar-refractivity contribution in [2.24, 2.45) is 0 Å². The molecular formula is C15H10O3. The van der Waals surface area contributed by atoms with Crippen LogP contribution in [0.1, 0.15) is 17.3 Å². The highest BCUT2D eigenvalue weighted by Crippen LogP contribution is 2.26. The number of ketones is 1. The van der Waals surface area contributed by atoms with E-state index < -0.39 is 0 Å². The van der Waals surface area contributed by atoms with E-state index in [0.717, 1.165) is 10.8 Å². The molecule has 0 aliphatic heterocycles. The van der Waals surface area contributed by atoms with Gasteiger partial charge in [-0.1, -0.05) is 24.3 Å². The SMILES string of the molecule is CC(=O)c1cccc2c1ccc1c(=O)ccoc12. The molecule has 0 saturated heterocycles. The van der Waals surface area contributed by atoms with Crippen LogP contribution in [0.3, 0.4) is 0 Å². The van der Waals surface area contributed by atoms with Crippen LogP contribution in [0.5, 0.6) is 0 Å². The number of fused-ring (bicyclic) bond motifs is 3. The summed E-state index contributed by atoms with van der Waals surface area (Å²) in [6.07, 6.45) is 1.38. The van der Waals surface area contributed by atoms with Gasteiger partial charge in [0.1, 0.15) is 5.58 Å². The fourth-order valence-electron chi connectivity index (χ4n) is 2.21. The molecule has 0 aliphatic rings. The lowest BCUT2D eigenvalue weighted by Gasteiger charge is -2.05. The summed E-state index contributed by atoms with van der Waals surface area (Å²) in [5.74, 6) is -0.00164. The average Bonchev–Trinajstić information content (AvgIpc) is 2.38. The van der Waals surface area contributed by atoms with E-state index in [1.54, 1.807) is 24.3 Å². The predicted octanol–water partition coefficient (Wildman–Crippen LogP) is 3.15. The molecule has 3 aromatic rings. The fourth-order valence-corrected chi connectivity index (χ4v) is 2.21. The first-order chi connectivity index (χ1) is 8.68. The highest BCUT2D eigenvalue weighted by molar-refractivity contribution is 6.13. The van der Waals surface area contributed by atoms with Crippen LogP contribution in [0.2, 0.25) is 0 Å². The Balaban J connectivity index is 2.57. The molecule has 88 valence electrons. The van der Waals surface area contributed by atoms with Crippen molar-refractivity contribution in [3.05, 3.63) is 58.4 Å². The van der Waals surface area contributed by atoms with Gasteiger partial charge in [-0.3, -0.25) is 9.59 Å². The topological polar surface area (TPSA) is 47.3 Å². The van der Waals surface area contributed by atoms with Crippen LogP contribution in [0.4, 0.5) is 0 Å². The summed E-state index contributed by atoms with van der Waals surface area (Å²) in [6, 6.07) is 10.3. The number of Topliss-reactive ketones (excluding diaryl/α,β-unsaturated/α-hetero) is 1. The van der Waals surface area contributed by atoms with E-state index in [1.165, 1.54) is 19.3 Å². The molecule has 18 heavy (non-hydrogen) atoms. The Morgan fingerprint density at radius 1 is 1.00 bits per heavy atom. The highest BCUT2D eigenvalue weighted by Gasteiger charge is 2.10. The van der Waals surface area contributed by atoms with Crippen molar-refractivity contribution >= 4 is 27.5 Å². The number of benzene rings is 2. The summed E-state index contributed by atoms with van der Waals surface area (Å²) in [4.78, 5) is 23.3. The molecule has 3 heteroatoms. The zero-order chi connectivity index (χ0) is 12.7. The summed E-state index contributed by atoms with van der Waals surface area (Å²) >= 11 is 0. The molecule has 0 radical (unpaired) electrons. The molecule has 1 aromatic heterocycles. The number of carbonyl (C=O) groups excluding carboxylic acids is 1. The van der Waals surface area contributed by atoms with Gasteiger partial charge >= 0.3 is 0 Å². The van der Waals surface area contributed by atoms with E-state index in [4.69, 9.17) is 4.42 Å². The van der Waals surface area contributed by atoms with E-state index in [9.17, 15) is 9.59 Å². The van der Waals surface area contributed by atoms with Gasteiger partial charge in [0.2, 0.25) is 0 Å². The minimum absolute atomic E-state index is 0.00164. The van der Waals surface area contributed by atoms with Crippen LogP contribution in [-0.2, 0) is 0 Å². The summed E-state index contributed by atoms with van der Waals surface area (Å²) in [7, 11) is 0. The van der Waals surface area contributed by atoms with E-state index in [0.29, 0.717) is 16.5 Å². The zero-order valence-corrected chi connectivity index (χ0v) is 9.77. The molecule has 0 amide bonds. The number of rotatable bonds is 1. The minimum Gasteiger partial charge on any atom is -0.463 e. The standard InChI is InChI=1S/C15H10O3/c1-9(16)10-3-2-4-12-11(10)5-6-13-14(17)7-8-18-15(12)13/h2-8H,1H3. The number of hydrogen-bond donors (Lipinski definition) is 0. The van der Waals surface area contributed by atoms with Gasteiger partial charge in [0.05, 0.1) is 11.6 Å². The van der Waals surface area contributed by atoms with Crippen LogP contribution in [0, 0.1) is 0 Å². The third-order valence-corrected chi connectivity index (χ3v) is 3.06. The first kappa shape index (κ1) is 10.7. The second-order valence-corrected chi connectivity index (χ2v) is 4.18. The van der Waals surface area contributed by atoms with Gasteiger partial charge in [0, 0.05) is 17.0 Å². The highest BCUT2D eigenvalue weighted by atomic mass is 16.3. The van der Waals surface area contributed by atoms with Gasteiger partial charge < -0.3 is 4.42 Å². The van der Waals surface area contributed by atoms with Crippen LogP contribution >= 0.6 is 0 Å². The monoisotopic (exact) mass is 238 g/mol. The van der Waals surface area contributed by atoms with Crippen LogP contribution in [0.15, 0.2) is 51.9 Å². The molecule has 0 N–H and O–H groups in total. The summed E-state index contributed by atoms with van der Waals surface area (Å²) < 4.78 is 5.43. The van der Waals surface area contributed by atoms with Crippen molar-refractivity contribution in [2.75, 3.05) is 0 Å². The Kier molecular flexibility index (Phi) is 2.27. The second kappa shape index (κ2) is 3.81. The van der Waals surface area contributed by atoms with Crippen molar-refractivity contribution < 1.29 is 9.21 Å². The lowest BCUT2D eigenvalue weighted by Crippen LogP contribution is -1.99. The third-order valence-electron chi connectivity index (χ3n) is 3.06. The maximum atomic E-state index is 11.7. The summed E-state index contributed by atoms with van der Waals surface area (Å²) in [5.41, 5.74) is 1.09. The van der Waals surface area contributed by atoms with Crippen molar-refractivity contribution in [2.45, 2.75) is 6.92 Å². The van der Waals surface area contributed by atoms with E-state index in [-0.39, 0.29) is 11.2 Å². The molecule has 3 nitrogen and oxygen atoms in total. The zero-order valence-electron chi connectivity index (χ0n) is 9.77. The number of carbonyl (C=O) groups is 1. The van der Waals surface area contributed by atoms with Gasteiger partial charge in [-0.05, 0) is 18.4 Å². The van der Waals surface area contributed by atoms with E-state index in [2.05, 4.69) is 0 Å². The lowest BCUT2D eigenvalue weighted by molar-refractivity contribution is 0.101. The van der Waals surface area contributed by atoms with Crippen molar-refractivity contribution in [3.8, 4) is 0 Å². The normalized spacial score (nSPS) is 10.9. The lowest BCUT2D eigenvalue weighted by atomic mass is 10.00. The van der Waals surface area contributed by atoms with Gasteiger partial charge in [0.15, 0.2) is 11.2 Å². The molecule has 0 fully saturated rings. The Morgan fingerprint density at radius 2 is 1.78 bits per heavy atom. The molecule has 0 unspecified atom stereocenters. The Labute approximate surface area is 103 Å². The molecule has 1 heterocycles. The second-order valence-electron chi connectivity index (χ2n) is 4.18. The first-order valence-electron chi connectivity index (χ1n) is 5.62. The smallest absolute Gasteiger partial charge is 0.192 e. The number of hydrogen-bond acceptors (Lipinski definition) is 3. The molecule has 0 spiro atoms. The molecule has 2 aromatic carbocycles. The summed E-state index contributed by atoms with van der Waals surface area (Å²) in [5, 5.41) is 2.13. The van der Waals surface area contributed by atoms with Crippen molar-refractivity contribution in [1.82, 2.24) is 0 Å². The van der Waals surface area contributed by atoms with Crippen LogP contribution in [0.25, 0.3) is 21.7 Å². The molecule has 0 bridgehead atoms. The fraction of sp³-hybridized carbons (Fsp3) is 0.0667. The quantitative estimate of drug-likeness (QED) is 0.483. The van der Waals surface area contributed by atoms with E-state index in [1.807, 2.05) is 6.07 Å². The predicted molar refractivity (Wildman–Crippen MR) is 70.0 cm³/mol. The average molecular weight is 238 g/mol. The maximum Gasteiger partial charge on any atom is 0.192 e. The Hall–Kier alpha value is -2.42. The maximum absolute atomic E-state index is 11.7. The third kappa shape index (κ3) is 1.44. The van der Waals surface area contributed by atoms with Crippen LogP contribution in [-0.4, -0.2) is 5.78 Å². The molecule has 0 atom stereocenters. The first-order valence-corrected chi connectivity index (χ1v) is 5.62. The Morgan fingerprint density at radius 3 is 2.56 bits per heavy atom. The minimum atomic E-state index is -0.0774. The van der Waals surface area contributed by atoms with Gasteiger partial charge in [-0.2, -0.15) is 0 Å². The van der Waals surface area contributed by atoms with Crippen molar-refractivity contribution in [3.63, 3.8) is 0 Å². The van der Waals surface area contributed by atoms with E-state index >= 15 is 0 Å². The molecular weight excluding hydrogens is 228 g/mol. The molecule has 3 rings (SSSR count).